The van der Waals surface area contributed by atoms with Gasteiger partial charge in [0.1, 0.15) is 5.01 Å². The fourth-order valence-corrected chi connectivity index (χ4v) is 3.21. The number of nitrogens with zero attached hydrogens (tertiary/aromatic N) is 2. The number of nitrogens with two attached hydrogens (primary N) is 1. The SMILES string of the molecule is CCC1CCCCN1C(=O)Cc1csc(CN)n1. The molecule has 2 rings (SSSR count). The van der Waals surface area contributed by atoms with Crippen LogP contribution in [0.25, 0.3) is 0 Å². The van der Waals surface area contributed by atoms with E-state index in [1.807, 2.05) is 10.3 Å². The van der Waals surface area contributed by atoms with E-state index in [2.05, 4.69) is 11.9 Å². The van der Waals surface area contributed by atoms with Crippen molar-refractivity contribution in [3.8, 4) is 0 Å². The number of piperidine rings is 1. The van der Waals surface area contributed by atoms with Gasteiger partial charge in [0.05, 0.1) is 12.1 Å². The van der Waals surface area contributed by atoms with Crippen molar-refractivity contribution >= 4 is 17.2 Å². The Morgan fingerprint density at radius 2 is 2.44 bits per heavy atom. The van der Waals surface area contributed by atoms with Gasteiger partial charge in [0, 0.05) is 24.5 Å². The first-order valence-corrected chi connectivity index (χ1v) is 7.55. The van der Waals surface area contributed by atoms with Gasteiger partial charge in [0.2, 0.25) is 5.91 Å². The van der Waals surface area contributed by atoms with Crippen LogP contribution in [0.1, 0.15) is 43.3 Å². The van der Waals surface area contributed by atoms with Crippen molar-refractivity contribution in [2.24, 2.45) is 5.73 Å². The van der Waals surface area contributed by atoms with Gasteiger partial charge < -0.3 is 10.6 Å². The Morgan fingerprint density at radius 1 is 1.61 bits per heavy atom. The first-order chi connectivity index (χ1) is 8.74. The van der Waals surface area contributed by atoms with Gasteiger partial charge in [-0.25, -0.2) is 4.98 Å². The van der Waals surface area contributed by atoms with Crippen LogP contribution in [0, 0.1) is 0 Å². The van der Waals surface area contributed by atoms with Crippen LogP contribution in [0.4, 0.5) is 0 Å². The Labute approximate surface area is 112 Å². The zero-order valence-corrected chi connectivity index (χ0v) is 11.7. The van der Waals surface area contributed by atoms with E-state index in [1.165, 1.54) is 17.8 Å². The number of amides is 1. The van der Waals surface area contributed by atoms with E-state index in [9.17, 15) is 4.79 Å². The number of rotatable bonds is 4. The van der Waals surface area contributed by atoms with Crippen LogP contribution in [0.2, 0.25) is 0 Å². The van der Waals surface area contributed by atoms with Crippen molar-refractivity contribution < 1.29 is 4.79 Å². The molecule has 1 unspecified atom stereocenters. The summed E-state index contributed by atoms with van der Waals surface area (Å²) in [5, 5.41) is 2.86. The maximum atomic E-state index is 12.3. The number of likely N-dealkylation sites (tertiary alicyclic amines) is 1. The lowest BCUT2D eigenvalue weighted by Crippen LogP contribution is -2.44. The molecule has 2 heterocycles. The van der Waals surface area contributed by atoms with Crippen LogP contribution in [0.15, 0.2) is 5.38 Å². The molecule has 18 heavy (non-hydrogen) atoms. The predicted molar refractivity (Wildman–Crippen MR) is 73.4 cm³/mol. The number of thiazole rings is 1. The summed E-state index contributed by atoms with van der Waals surface area (Å²) in [5.74, 6) is 0.218. The lowest BCUT2D eigenvalue weighted by atomic mass is 9.99. The van der Waals surface area contributed by atoms with Gasteiger partial charge in [0.25, 0.3) is 0 Å². The van der Waals surface area contributed by atoms with Crippen molar-refractivity contribution in [3.05, 3.63) is 16.1 Å². The molecule has 1 saturated heterocycles. The first kappa shape index (κ1) is 13.5. The van der Waals surface area contributed by atoms with Crippen molar-refractivity contribution in [1.82, 2.24) is 9.88 Å². The summed E-state index contributed by atoms with van der Waals surface area (Å²) in [6.07, 6.45) is 5.00. The van der Waals surface area contributed by atoms with Gasteiger partial charge in [-0.2, -0.15) is 0 Å². The Bertz CT molecular complexity index is 405. The van der Waals surface area contributed by atoms with Crippen LogP contribution in [0.3, 0.4) is 0 Å². The molecule has 100 valence electrons. The zero-order chi connectivity index (χ0) is 13.0. The first-order valence-electron chi connectivity index (χ1n) is 6.67. The highest BCUT2D eigenvalue weighted by Crippen LogP contribution is 2.20. The Morgan fingerprint density at radius 3 is 3.11 bits per heavy atom. The molecular weight excluding hydrogens is 246 g/mol. The number of carbonyl (C=O) groups is 1. The van der Waals surface area contributed by atoms with Gasteiger partial charge in [-0.3, -0.25) is 4.79 Å². The fraction of sp³-hybridized carbons (Fsp3) is 0.692. The van der Waals surface area contributed by atoms with Gasteiger partial charge in [-0.05, 0) is 25.7 Å². The molecule has 1 amide bonds. The summed E-state index contributed by atoms with van der Waals surface area (Å²) in [5.41, 5.74) is 6.40. The third-order valence-electron chi connectivity index (χ3n) is 3.53. The molecule has 4 nitrogen and oxygen atoms in total. The second-order valence-corrected chi connectivity index (χ2v) is 5.70. The van der Waals surface area contributed by atoms with Gasteiger partial charge in [-0.1, -0.05) is 6.92 Å². The average molecular weight is 267 g/mol. The third kappa shape index (κ3) is 3.09. The van der Waals surface area contributed by atoms with Crippen LogP contribution in [-0.4, -0.2) is 28.4 Å². The highest BCUT2D eigenvalue weighted by atomic mass is 32.1. The van der Waals surface area contributed by atoms with Crippen LogP contribution in [-0.2, 0) is 17.8 Å². The van der Waals surface area contributed by atoms with E-state index in [0.717, 1.165) is 36.5 Å². The molecule has 0 saturated carbocycles. The topological polar surface area (TPSA) is 59.2 Å². The number of hydrogen-bond acceptors (Lipinski definition) is 4. The van der Waals surface area contributed by atoms with Gasteiger partial charge in [-0.15, -0.1) is 11.3 Å². The number of aromatic nitrogens is 1. The highest BCUT2D eigenvalue weighted by molar-refractivity contribution is 7.09. The third-order valence-corrected chi connectivity index (χ3v) is 4.44. The molecule has 1 atom stereocenters. The van der Waals surface area contributed by atoms with E-state index < -0.39 is 0 Å². The molecule has 0 radical (unpaired) electrons. The molecule has 2 N–H and O–H groups in total. The lowest BCUT2D eigenvalue weighted by molar-refractivity contribution is -0.134. The summed E-state index contributed by atoms with van der Waals surface area (Å²) in [4.78, 5) is 18.7. The minimum absolute atomic E-state index is 0.218. The fourth-order valence-electron chi connectivity index (χ4n) is 2.53. The molecular formula is C13H21N3OS. The van der Waals surface area contributed by atoms with Crippen LogP contribution < -0.4 is 5.73 Å². The Balaban J connectivity index is 1.97. The predicted octanol–water partition coefficient (Wildman–Crippen LogP) is 1.94. The van der Waals surface area contributed by atoms with E-state index >= 15 is 0 Å². The second kappa shape index (κ2) is 6.29. The number of hydrogen-bond donors (Lipinski definition) is 1. The van der Waals surface area contributed by atoms with Crippen molar-refractivity contribution in [3.63, 3.8) is 0 Å². The van der Waals surface area contributed by atoms with E-state index in [-0.39, 0.29) is 5.91 Å². The minimum atomic E-state index is 0.218. The molecule has 1 aliphatic rings. The standard InChI is InChI=1S/C13H21N3OS/c1-2-11-5-3-4-6-16(11)13(17)7-10-9-18-12(8-14)15-10/h9,11H,2-8,14H2,1H3. The molecule has 0 bridgehead atoms. The second-order valence-electron chi connectivity index (χ2n) is 4.76. The molecule has 1 aliphatic heterocycles. The number of carbonyl (C=O) groups excluding carboxylic acids is 1. The Hall–Kier alpha value is -0.940. The summed E-state index contributed by atoms with van der Waals surface area (Å²) in [7, 11) is 0. The van der Waals surface area contributed by atoms with Crippen molar-refractivity contribution in [1.29, 1.82) is 0 Å². The van der Waals surface area contributed by atoms with E-state index in [4.69, 9.17) is 5.73 Å². The lowest BCUT2D eigenvalue weighted by Gasteiger charge is -2.35. The average Bonchev–Trinajstić information content (AvgIpc) is 2.86. The van der Waals surface area contributed by atoms with Crippen molar-refractivity contribution in [2.45, 2.75) is 51.6 Å². The highest BCUT2D eigenvalue weighted by Gasteiger charge is 2.25. The minimum Gasteiger partial charge on any atom is -0.339 e. The molecule has 0 spiro atoms. The zero-order valence-electron chi connectivity index (χ0n) is 10.9. The Kier molecular flexibility index (Phi) is 4.72. The largest absolute Gasteiger partial charge is 0.339 e. The molecule has 1 aromatic rings. The molecule has 0 aromatic carbocycles. The van der Waals surface area contributed by atoms with Crippen LogP contribution in [0.5, 0.6) is 0 Å². The van der Waals surface area contributed by atoms with Gasteiger partial charge in [0.15, 0.2) is 0 Å². The maximum absolute atomic E-state index is 12.3. The molecule has 5 heteroatoms. The van der Waals surface area contributed by atoms with E-state index in [1.54, 1.807) is 0 Å². The molecule has 0 aliphatic carbocycles. The summed E-state index contributed by atoms with van der Waals surface area (Å²) < 4.78 is 0. The normalized spacial score (nSPS) is 20.1. The summed E-state index contributed by atoms with van der Waals surface area (Å²) >= 11 is 1.54. The monoisotopic (exact) mass is 267 g/mol. The summed E-state index contributed by atoms with van der Waals surface area (Å²) in [6.45, 7) is 3.52. The van der Waals surface area contributed by atoms with E-state index in [0.29, 0.717) is 19.0 Å². The van der Waals surface area contributed by atoms with Gasteiger partial charge >= 0.3 is 0 Å². The molecule has 1 fully saturated rings. The quantitative estimate of drug-likeness (QED) is 0.907. The smallest absolute Gasteiger partial charge is 0.228 e. The maximum Gasteiger partial charge on any atom is 0.228 e. The summed E-state index contributed by atoms with van der Waals surface area (Å²) in [6, 6.07) is 0.430. The van der Waals surface area contributed by atoms with Crippen molar-refractivity contribution in [2.75, 3.05) is 6.54 Å². The van der Waals surface area contributed by atoms with Crippen LogP contribution >= 0.6 is 11.3 Å². The molecule has 1 aromatic heterocycles.